The van der Waals surface area contributed by atoms with E-state index in [1.807, 2.05) is 52.1 Å². The van der Waals surface area contributed by atoms with Crippen LogP contribution in [-0.2, 0) is 51.2 Å². The van der Waals surface area contributed by atoms with E-state index in [2.05, 4.69) is 30.6 Å². The third kappa shape index (κ3) is 113. The number of rotatable bonds is 36. The van der Waals surface area contributed by atoms with Crippen molar-refractivity contribution in [2.45, 2.75) is 188 Å². The fraction of sp³-hybridized carbons (Fsp3) is 0.785. The van der Waals surface area contributed by atoms with Crippen LogP contribution in [0.2, 0.25) is 0 Å². The number of likely N-dealkylation sites (N-methyl/N-ethyl adjacent to an activating group) is 2. The van der Waals surface area contributed by atoms with Gasteiger partial charge in [-0.3, -0.25) is 24.0 Å². The molecule has 724 valence electrons. The van der Waals surface area contributed by atoms with Crippen LogP contribution in [0.15, 0.2) is 25.0 Å². The first-order valence-corrected chi connectivity index (χ1v) is 34.7. The molecule has 0 fully saturated rings. The molecule has 0 radical (unpaired) electrons. The highest BCUT2D eigenvalue weighted by Crippen LogP contribution is 2.06. The minimum absolute atomic E-state index is 0.0258. The minimum Gasteiger partial charge on any atom is -0.480 e. The SMILES string of the molecule is CC(O)CO.CC(O)CO.CN(C)C.CN(C)C.CN[C@@H](Cc1cnc[nH]1)C(=O)O.CN[C@@H](Cc1cnc[nH]1)C(=O)O.C[C@@H](O)[C@H](N)C(=O)O.C[C@@H](O)[C@H](N)C(=O)O.C[C@H](N)C(=O)O.O=C[C@H](O)[C@@H](O)[C@H](O)[C@H](O)CO.O=C[C@H](O)[C@@H](O)[C@H](O)[C@H](O)CO.O=C[C@H](O)[C@@H](O)[C@H](O)[C@H](O)CO.OCC(O)CO.OCC(O)CO.OCCO.OCCO. The summed E-state index contributed by atoms with van der Waals surface area (Å²) in [7, 11) is 15.2. The van der Waals surface area contributed by atoms with Gasteiger partial charge in [-0.2, -0.15) is 0 Å². The number of imidazole rings is 2. The Kier molecular flexibility index (Phi) is 122. The lowest BCUT2D eigenvalue weighted by Crippen LogP contribution is -2.46. The highest BCUT2D eigenvalue weighted by Gasteiger charge is 2.32. The number of carbonyl (C=O) groups excluding carboxylic acids is 3. The lowest BCUT2D eigenvalue weighted by molar-refractivity contribution is -0.141. The Labute approximate surface area is 692 Å². The Balaban J connectivity index is -0.0000000846. The van der Waals surface area contributed by atoms with E-state index in [4.69, 9.17) is 201 Å². The molecule has 55 heteroatoms. The maximum Gasteiger partial charge on any atom is 0.323 e. The molecule has 0 saturated heterocycles. The zero-order valence-electron chi connectivity index (χ0n) is 69.3. The first-order chi connectivity index (χ1) is 55.3. The van der Waals surface area contributed by atoms with E-state index in [-0.39, 0.29) is 84.9 Å². The maximum absolute atomic E-state index is 10.6. The van der Waals surface area contributed by atoms with Crippen LogP contribution >= 0.6 is 0 Å². The first-order valence-electron chi connectivity index (χ1n) is 34.7. The topological polar surface area (TPSA) is 1030 Å². The quantitative estimate of drug-likeness (QED) is 0.0282. The number of carboxylic acid groups (broad SMARTS) is 5. The van der Waals surface area contributed by atoms with Crippen LogP contribution in [0.3, 0.4) is 0 Å². The van der Waals surface area contributed by atoms with Gasteiger partial charge in [-0.1, -0.05) is 0 Å². The lowest BCUT2D eigenvalue weighted by atomic mass is 10.0. The Morgan fingerprint density at radius 1 is 0.367 bits per heavy atom. The summed E-state index contributed by atoms with van der Waals surface area (Å²) < 4.78 is 0. The van der Waals surface area contributed by atoms with Gasteiger partial charge in [0.2, 0.25) is 0 Å². The number of nitrogens with zero attached hydrogens (tertiary/aromatic N) is 4. The minimum atomic E-state index is -1.79. The largest absolute Gasteiger partial charge is 0.480 e. The van der Waals surface area contributed by atoms with Gasteiger partial charge in [-0.05, 0) is 91.0 Å². The van der Waals surface area contributed by atoms with Crippen LogP contribution in [0.5, 0.6) is 0 Å². The molecule has 0 aliphatic carbocycles. The number of aliphatic hydroxyl groups excluding tert-OH is 31. The standard InChI is InChI=1S/2C7H11N3O2.3C6H12O6.2C4H9NO3.C3H7NO2.2C3H9N.2C3H8O3.2C3H8O2.2C2H6O2/c2*1-8-6(7(11)12)2-5-3-9-4-10-5;3*7-1-3(9)5(11)6(12)4(10)2-8;2*1-2(6)3(5)4(7)8;1-2(4)3(5)6;2*1-4(2)3;2*4-1-3(6)2-5;2*1-3(5)2-4;2*3-1-2-4/h2*3-4,6,8H,2H2,1H3,(H,9,10)(H,11,12);3*1,3-6,8-12H,2H2;2*2-3,6H,5H2,1H3,(H,7,8);2H,4H2,1H3,(H,5,6);2*1-3H3;2*3-6H,1-2H2;2*3-5H,2H2,1H3;2*3-4H,1-2H2/t2*6-;3*3-,4+,5+,6+;2*2-,3+;2-;;;;;;;;/m00000110......../s1. The van der Waals surface area contributed by atoms with Crippen molar-refractivity contribution in [3.8, 4) is 0 Å². The number of aromatic nitrogens is 4. The summed E-state index contributed by atoms with van der Waals surface area (Å²) in [6.45, 7) is 2.62. The molecule has 2 aromatic heterocycles. The normalized spacial score (nSPS) is 15.2. The summed E-state index contributed by atoms with van der Waals surface area (Å²) in [5.74, 6) is -5.03. The van der Waals surface area contributed by atoms with E-state index in [0.717, 1.165) is 11.4 Å². The van der Waals surface area contributed by atoms with Gasteiger partial charge in [0.05, 0.1) is 123 Å². The molecule has 21 atom stereocenters. The molecule has 120 heavy (non-hydrogen) atoms. The predicted octanol–water partition coefficient (Wildman–Crippen LogP) is -20.2. The Hall–Kier alpha value is -6.74. The van der Waals surface area contributed by atoms with E-state index >= 15 is 0 Å². The molecule has 0 aliphatic rings. The summed E-state index contributed by atoms with van der Waals surface area (Å²) in [6.07, 6.45) is -18.4. The second kappa shape index (κ2) is 101. The smallest absolute Gasteiger partial charge is 0.323 e. The zero-order chi connectivity index (χ0) is 98.3. The van der Waals surface area contributed by atoms with Crippen molar-refractivity contribution in [3.05, 3.63) is 36.4 Å². The van der Waals surface area contributed by atoms with Crippen molar-refractivity contribution in [2.75, 3.05) is 142 Å². The highest BCUT2D eigenvalue weighted by atomic mass is 16.4. The Morgan fingerprint density at radius 2 is 0.558 bits per heavy atom. The summed E-state index contributed by atoms with van der Waals surface area (Å²) in [4.78, 5) is 97.4. The third-order valence-corrected chi connectivity index (χ3v) is 11.1. The average molecular weight is 1780 g/mol. The van der Waals surface area contributed by atoms with Crippen LogP contribution < -0.4 is 27.8 Å². The molecule has 0 aromatic carbocycles. The van der Waals surface area contributed by atoms with Crippen LogP contribution in [0.1, 0.15) is 46.0 Å². The van der Waals surface area contributed by atoms with Gasteiger partial charge in [-0.15, -0.1) is 0 Å². The molecule has 0 saturated carbocycles. The van der Waals surface area contributed by atoms with Crippen molar-refractivity contribution in [2.24, 2.45) is 17.2 Å². The van der Waals surface area contributed by atoms with E-state index in [1.54, 1.807) is 26.5 Å². The van der Waals surface area contributed by atoms with Gasteiger partial charge in [0.1, 0.15) is 116 Å². The molecular weight excluding hydrogens is 1640 g/mol. The Morgan fingerprint density at radius 3 is 0.633 bits per heavy atom. The van der Waals surface area contributed by atoms with Crippen molar-refractivity contribution >= 4 is 48.7 Å². The molecule has 2 aromatic rings. The van der Waals surface area contributed by atoms with E-state index < -0.39 is 190 Å². The summed E-state index contributed by atoms with van der Waals surface area (Å²) in [5, 5.41) is 305. The molecular formula is C65H145N11O44. The van der Waals surface area contributed by atoms with Gasteiger partial charge >= 0.3 is 29.8 Å². The number of nitrogens with one attached hydrogen (secondary N) is 4. The lowest BCUT2D eigenvalue weighted by Gasteiger charge is -2.22. The maximum atomic E-state index is 10.6. The molecule has 2 rings (SSSR count). The number of carboxylic acids is 5. The van der Waals surface area contributed by atoms with E-state index in [9.17, 15) is 38.4 Å². The van der Waals surface area contributed by atoms with Gasteiger partial charge in [-0.25, -0.2) is 9.97 Å². The monoisotopic (exact) mass is 1780 g/mol. The highest BCUT2D eigenvalue weighted by molar-refractivity contribution is 5.75. The molecule has 46 N–H and O–H groups in total. The second-order valence-electron chi connectivity index (χ2n) is 24.0. The number of carbonyl (C=O) groups is 8. The Bertz CT molecular complexity index is 2270. The molecule has 0 bridgehead atoms. The van der Waals surface area contributed by atoms with Crippen molar-refractivity contribution in [1.82, 2.24) is 40.4 Å². The van der Waals surface area contributed by atoms with Gasteiger partial charge in [0, 0.05) is 36.6 Å². The number of H-pyrrole nitrogens is 2. The number of hydrogen-bond donors (Lipinski definition) is 43. The predicted molar refractivity (Wildman–Crippen MR) is 418 cm³/mol. The number of aliphatic carboxylic acids is 5. The van der Waals surface area contributed by atoms with Crippen LogP contribution in [0.25, 0.3) is 0 Å². The van der Waals surface area contributed by atoms with E-state index in [0.29, 0.717) is 12.8 Å². The van der Waals surface area contributed by atoms with Crippen molar-refractivity contribution in [1.29, 1.82) is 0 Å². The number of aldehydes is 3. The van der Waals surface area contributed by atoms with Gasteiger partial charge in [0.25, 0.3) is 0 Å². The van der Waals surface area contributed by atoms with Gasteiger partial charge < -0.3 is 246 Å². The fourth-order valence-corrected chi connectivity index (χ4v) is 4.24. The number of nitrogens with two attached hydrogens (primary N) is 3. The van der Waals surface area contributed by atoms with Crippen LogP contribution in [-0.4, -0.2) is 545 Å². The molecule has 55 nitrogen and oxygen atoms in total. The third-order valence-electron chi connectivity index (χ3n) is 11.1. The van der Waals surface area contributed by atoms with Crippen LogP contribution in [0.4, 0.5) is 0 Å². The fourth-order valence-electron chi connectivity index (χ4n) is 4.24. The zero-order valence-corrected chi connectivity index (χ0v) is 69.3. The summed E-state index contributed by atoms with van der Waals surface area (Å²) in [5.41, 5.74) is 16.3. The van der Waals surface area contributed by atoms with Crippen molar-refractivity contribution < 1.29 is 222 Å². The molecule has 2 unspecified atom stereocenters. The number of hydrogen-bond acceptors (Lipinski definition) is 48. The molecule has 0 spiro atoms. The summed E-state index contributed by atoms with van der Waals surface area (Å²) in [6, 6.07) is -4.15. The van der Waals surface area contributed by atoms with E-state index in [1.165, 1.54) is 47.3 Å². The molecule has 0 aliphatic heterocycles. The number of aromatic amines is 2. The molecule has 2 heterocycles. The molecule has 0 amide bonds. The summed E-state index contributed by atoms with van der Waals surface area (Å²) >= 11 is 0. The first kappa shape index (κ1) is 145. The number of aliphatic hydroxyl groups is 31. The van der Waals surface area contributed by atoms with Gasteiger partial charge in [0.15, 0.2) is 18.9 Å². The second-order valence-corrected chi connectivity index (χ2v) is 24.0. The van der Waals surface area contributed by atoms with Crippen molar-refractivity contribution in [3.63, 3.8) is 0 Å². The van der Waals surface area contributed by atoms with Crippen LogP contribution in [0, 0.1) is 0 Å². The average Bonchev–Trinajstić information content (AvgIpc) is 1.56.